The third-order valence-electron chi connectivity index (χ3n) is 3.60. The highest BCUT2D eigenvalue weighted by Gasteiger charge is 2.25. The van der Waals surface area contributed by atoms with Gasteiger partial charge in [0.15, 0.2) is 0 Å². The SMILES string of the molecule is CC(C)(CC(=O)O)Cc1nc(C2CCCC2)cs1. The molecule has 18 heavy (non-hydrogen) atoms. The van der Waals surface area contributed by atoms with Crippen molar-refractivity contribution in [2.75, 3.05) is 0 Å². The quantitative estimate of drug-likeness (QED) is 0.881. The minimum atomic E-state index is -0.729. The van der Waals surface area contributed by atoms with Crippen LogP contribution in [-0.4, -0.2) is 16.1 Å². The molecular weight excluding hydrogens is 246 g/mol. The molecule has 1 N–H and O–H groups in total. The van der Waals surface area contributed by atoms with Gasteiger partial charge >= 0.3 is 5.97 Å². The number of hydrogen-bond donors (Lipinski definition) is 1. The Labute approximate surface area is 112 Å². The van der Waals surface area contributed by atoms with Crippen LogP contribution in [0.15, 0.2) is 5.38 Å². The van der Waals surface area contributed by atoms with Gasteiger partial charge in [-0.1, -0.05) is 26.7 Å². The number of carboxylic acids is 1. The van der Waals surface area contributed by atoms with Crippen LogP contribution in [0, 0.1) is 5.41 Å². The van der Waals surface area contributed by atoms with Crippen molar-refractivity contribution >= 4 is 17.3 Å². The van der Waals surface area contributed by atoms with Gasteiger partial charge in [0.25, 0.3) is 0 Å². The van der Waals surface area contributed by atoms with E-state index in [2.05, 4.69) is 5.38 Å². The number of nitrogens with zero attached hydrogens (tertiary/aromatic N) is 1. The normalized spacial score (nSPS) is 17.2. The summed E-state index contributed by atoms with van der Waals surface area (Å²) >= 11 is 1.69. The zero-order chi connectivity index (χ0) is 13.2. The van der Waals surface area contributed by atoms with Crippen LogP contribution in [-0.2, 0) is 11.2 Å². The summed E-state index contributed by atoms with van der Waals surface area (Å²) in [4.78, 5) is 15.5. The lowest BCUT2D eigenvalue weighted by Crippen LogP contribution is -2.19. The Balaban J connectivity index is 1.99. The second-order valence-corrected chi connectivity index (χ2v) is 7.00. The first-order chi connectivity index (χ1) is 8.46. The summed E-state index contributed by atoms with van der Waals surface area (Å²) in [5.41, 5.74) is 1.02. The minimum Gasteiger partial charge on any atom is -0.481 e. The molecule has 0 amide bonds. The molecule has 1 fully saturated rings. The van der Waals surface area contributed by atoms with Crippen LogP contribution in [0.4, 0.5) is 0 Å². The van der Waals surface area contributed by atoms with Gasteiger partial charge in [0.1, 0.15) is 0 Å². The molecule has 0 saturated heterocycles. The predicted molar refractivity (Wildman–Crippen MR) is 73.1 cm³/mol. The van der Waals surface area contributed by atoms with E-state index < -0.39 is 5.97 Å². The molecule has 0 spiro atoms. The Morgan fingerprint density at radius 1 is 1.50 bits per heavy atom. The first-order valence-electron chi connectivity index (χ1n) is 6.62. The standard InChI is InChI=1S/C14H21NO2S/c1-14(2,8-13(16)17)7-12-15-11(9-18-12)10-5-3-4-6-10/h9-10H,3-8H2,1-2H3,(H,16,17). The maximum atomic E-state index is 10.8. The molecule has 1 aliphatic rings. The summed E-state index contributed by atoms with van der Waals surface area (Å²) in [5.74, 6) is -0.0786. The molecule has 3 nitrogen and oxygen atoms in total. The fraction of sp³-hybridized carbons (Fsp3) is 0.714. The highest BCUT2D eigenvalue weighted by molar-refractivity contribution is 7.09. The molecule has 1 aromatic rings. The third-order valence-corrected chi connectivity index (χ3v) is 4.47. The van der Waals surface area contributed by atoms with E-state index in [1.165, 1.54) is 31.4 Å². The number of aliphatic carboxylic acids is 1. The van der Waals surface area contributed by atoms with Gasteiger partial charge in [-0.05, 0) is 18.3 Å². The smallest absolute Gasteiger partial charge is 0.303 e. The maximum Gasteiger partial charge on any atom is 0.303 e. The van der Waals surface area contributed by atoms with E-state index in [1.54, 1.807) is 11.3 Å². The summed E-state index contributed by atoms with van der Waals surface area (Å²) in [7, 11) is 0. The first-order valence-corrected chi connectivity index (χ1v) is 7.50. The van der Waals surface area contributed by atoms with Crippen molar-refractivity contribution in [2.45, 2.75) is 58.3 Å². The van der Waals surface area contributed by atoms with Gasteiger partial charge in [0, 0.05) is 17.7 Å². The molecule has 0 bridgehead atoms. The zero-order valence-electron chi connectivity index (χ0n) is 11.1. The van der Waals surface area contributed by atoms with Crippen LogP contribution in [0.1, 0.15) is 62.6 Å². The summed E-state index contributed by atoms with van der Waals surface area (Å²) in [6.07, 6.45) is 6.13. The highest BCUT2D eigenvalue weighted by Crippen LogP contribution is 2.35. The lowest BCUT2D eigenvalue weighted by atomic mass is 9.86. The molecule has 1 aliphatic carbocycles. The molecular formula is C14H21NO2S. The van der Waals surface area contributed by atoms with E-state index in [1.807, 2.05) is 13.8 Å². The number of carboxylic acid groups (broad SMARTS) is 1. The van der Waals surface area contributed by atoms with E-state index in [9.17, 15) is 4.79 Å². The number of carbonyl (C=O) groups is 1. The third kappa shape index (κ3) is 3.55. The topological polar surface area (TPSA) is 50.2 Å². The Kier molecular flexibility index (Phi) is 4.05. The molecule has 2 rings (SSSR count). The maximum absolute atomic E-state index is 10.8. The predicted octanol–water partition coefficient (Wildman–Crippen LogP) is 3.84. The monoisotopic (exact) mass is 267 g/mol. The van der Waals surface area contributed by atoms with Gasteiger partial charge in [-0.3, -0.25) is 4.79 Å². The molecule has 4 heteroatoms. The van der Waals surface area contributed by atoms with Crippen molar-refractivity contribution in [3.63, 3.8) is 0 Å². The van der Waals surface area contributed by atoms with Gasteiger partial charge in [-0.15, -0.1) is 11.3 Å². The molecule has 0 aliphatic heterocycles. The van der Waals surface area contributed by atoms with Crippen molar-refractivity contribution in [1.29, 1.82) is 0 Å². The van der Waals surface area contributed by atoms with Gasteiger partial charge in [-0.2, -0.15) is 0 Å². The van der Waals surface area contributed by atoms with Crippen LogP contribution < -0.4 is 0 Å². The second-order valence-electron chi connectivity index (χ2n) is 6.06. The summed E-state index contributed by atoms with van der Waals surface area (Å²) in [5, 5.41) is 12.1. The highest BCUT2D eigenvalue weighted by atomic mass is 32.1. The largest absolute Gasteiger partial charge is 0.481 e. The molecule has 0 radical (unpaired) electrons. The Hall–Kier alpha value is -0.900. The van der Waals surface area contributed by atoms with Gasteiger partial charge in [0.2, 0.25) is 0 Å². The molecule has 1 heterocycles. The van der Waals surface area contributed by atoms with Crippen molar-refractivity contribution in [2.24, 2.45) is 5.41 Å². The van der Waals surface area contributed by atoms with E-state index in [0.29, 0.717) is 5.92 Å². The average molecular weight is 267 g/mol. The average Bonchev–Trinajstić information content (AvgIpc) is 2.82. The van der Waals surface area contributed by atoms with Crippen molar-refractivity contribution in [1.82, 2.24) is 4.98 Å². The summed E-state index contributed by atoms with van der Waals surface area (Å²) in [6.45, 7) is 4.00. The van der Waals surface area contributed by atoms with Gasteiger partial charge in [0.05, 0.1) is 17.1 Å². The zero-order valence-corrected chi connectivity index (χ0v) is 11.9. The van der Waals surface area contributed by atoms with E-state index in [0.717, 1.165) is 11.4 Å². The molecule has 0 aromatic carbocycles. The fourth-order valence-electron chi connectivity index (χ4n) is 2.70. The second kappa shape index (κ2) is 5.39. The van der Waals surface area contributed by atoms with Gasteiger partial charge < -0.3 is 5.11 Å². The van der Waals surface area contributed by atoms with E-state index in [4.69, 9.17) is 10.1 Å². The van der Waals surface area contributed by atoms with Crippen LogP contribution in [0.5, 0.6) is 0 Å². The lowest BCUT2D eigenvalue weighted by molar-refractivity contribution is -0.139. The molecule has 100 valence electrons. The van der Waals surface area contributed by atoms with E-state index >= 15 is 0 Å². The first kappa shape index (κ1) is 13.5. The summed E-state index contributed by atoms with van der Waals surface area (Å²) in [6, 6.07) is 0. The van der Waals surface area contributed by atoms with Gasteiger partial charge in [-0.25, -0.2) is 4.98 Å². The molecule has 1 aromatic heterocycles. The Morgan fingerprint density at radius 3 is 2.78 bits per heavy atom. The number of rotatable bonds is 5. The fourth-order valence-corrected chi connectivity index (χ4v) is 3.83. The Morgan fingerprint density at radius 2 is 2.17 bits per heavy atom. The van der Waals surface area contributed by atoms with Crippen molar-refractivity contribution in [3.8, 4) is 0 Å². The molecule has 1 saturated carbocycles. The van der Waals surface area contributed by atoms with Crippen LogP contribution >= 0.6 is 11.3 Å². The number of thiazole rings is 1. The van der Waals surface area contributed by atoms with E-state index in [-0.39, 0.29) is 11.8 Å². The number of aromatic nitrogens is 1. The Bertz CT molecular complexity index is 419. The van der Waals surface area contributed by atoms with Crippen molar-refractivity contribution < 1.29 is 9.90 Å². The summed E-state index contributed by atoms with van der Waals surface area (Å²) < 4.78 is 0. The van der Waals surface area contributed by atoms with Crippen LogP contribution in [0.25, 0.3) is 0 Å². The van der Waals surface area contributed by atoms with Crippen LogP contribution in [0.2, 0.25) is 0 Å². The molecule has 0 unspecified atom stereocenters. The van der Waals surface area contributed by atoms with Crippen LogP contribution in [0.3, 0.4) is 0 Å². The molecule has 0 atom stereocenters. The minimum absolute atomic E-state index is 0.200. The lowest BCUT2D eigenvalue weighted by Gasteiger charge is -2.20. The van der Waals surface area contributed by atoms with Crippen molar-refractivity contribution in [3.05, 3.63) is 16.1 Å². The number of hydrogen-bond acceptors (Lipinski definition) is 3.